The van der Waals surface area contributed by atoms with Crippen LogP contribution < -0.4 is 5.56 Å². The molecule has 1 aromatic heterocycles. The molecular formula is C28H29FN2O2. The van der Waals surface area contributed by atoms with Crippen molar-refractivity contribution in [2.24, 2.45) is 0 Å². The summed E-state index contributed by atoms with van der Waals surface area (Å²) in [5.74, 6) is -0.132. The smallest absolute Gasteiger partial charge is 0.255 e. The van der Waals surface area contributed by atoms with E-state index in [9.17, 15) is 14.0 Å². The predicted octanol–water partition coefficient (Wildman–Crippen LogP) is 5.77. The first kappa shape index (κ1) is 22.7. The third-order valence-corrected chi connectivity index (χ3v) is 6.95. The third-order valence-electron chi connectivity index (χ3n) is 6.95. The minimum absolute atomic E-state index is 0.0895. The van der Waals surface area contributed by atoms with Gasteiger partial charge in [-0.15, -0.1) is 6.58 Å². The highest BCUT2D eigenvalue weighted by Crippen LogP contribution is 2.41. The van der Waals surface area contributed by atoms with E-state index in [1.807, 2.05) is 54.3 Å². The minimum atomic E-state index is -0.256. The highest BCUT2D eigenvalue weighted by atomic mass is 19.1. The van der Waals surface area contributed by atoms with Crippen molar-refractivity contribution in [1.82, 2.24) is 9.88 Å². The van der Waals surface area contributed by atoms with Crippen LogP contribution >= 0.6 is 0 Å². The molecule has 2 aromatic carbocycles. The molecule has 0 unspecified atom stereocenters. The summed E-state index contributed by atoms with van der Waals surface area (Å²) in [6, 6.07) is 18.0. The Balaban J connectivity index is 1.56. The van der Waals surface area contributed by atoms with Crippen LogP contribution in [0.3, 0.4) is 0 Å². The van der Waals surface area contributed by atoms with Gasteiger partial charge in [-0.2, -0.15) is 0 Å². The van der Waals surface area contributed by atoms with Gasteiger partial charge in [0.05, 0.1) is 6.04 Å². The molecule has 4 nitrogen and oxygen atoms in total. The first-order chi connectivity index (χ1) is 15.9. The monoisotopic (exact) mass is 444 g/mol. The van der Waals surface area contributed by atoms with Gasteiger partial charge in [-0.3, -0.25) is 9.59 Å². The Bertz CT molecular complexity index is 1180. The number of benzene rings is 2. The first-order valence-electron chi connectivity index (χ1n) is 11.4. The van der Waals surface area contributed by atoms with E-state index in [2.05, 4.69) is 11.6 Å². The molecular weight excluding hydrogens is 415 g/mol. The van der Waals surface area contributed by atoms with Crippen molar-refractivity contribution in [3.8, 4) is 11.1 Å². The second-order valence-electron chi connectivity index (χ2n) is 8.83. The largest absolute Gasteiger partial charge is 0.336 e. The first-order valence-corrected chi connectivity index (χ1v) is 11.4. The standard InChI is InChI=1S/C28H29FN2O2/c1-3-15-28(23-10-12-24(29)13-11-23)16-14-26(32)31(19-17-28)20(2)21-6-8-22(9-7-21)25-5-4-18-30-27(25)33/h3-13,18,20H,1,14-17,19H2,2H3,(H,30,33)/t20-,28+/m0/s1. The fourth-order valence-corrected chi connectivity index (χ4v) is 4.94. The number of hydrogen-bond donors (Lipinski definition) is 1. The number of H-pyrrole nitrogens is 1. The summed E-state index contributed by atoms with van der Waals surface area (Å²) < 4.78 is 13.5. The average molecular weight is 445 g/mol. The molecule has 0 saturated carbocycles. The number of carbonyl (C=O) groups is 1. The molecule has 0 bridgehead atoms. The molecule has 1 saturated heterocycles. The summed E-state index contributed by atoms with van der Waals surface area (Å²) in [4.78, 5) is 29.9. The van der Waals surface area contributed by atoms with Gasteiger partial charge in [0.15, 0.2) is 0 Å². The number of nitrogens with one attached hydrogen (secondary N) is 1. The van der Waals surface area contributed by atoms with E-state index in [1.54, 1.807) is 18.3 Å². The molecule has 1 aliphatic rings. The van der Waals surface area contributed by atoms with Crippen LogP contribution in [0.1, 0.15) is 49.8 Å². The lowest BCUT2D eigenvalue weighted by Crippen LogP contribution is -2.34. The Kier molecular flexibility index (Phi) is 6.59. The van der Waals surface area contributed by atoms with Gasteiger partial charge in [0, 0.05) is 30.1 Å². The number of pyridine rings is 1. The van der Waals surface area contributed by atoms with Gasteiger partial charge in [0.25, 0.3) is 5.56 Å². The van der Waals surface area contributed by atoms with Crippen LogP contribution in [0.15, 0.2) is 84.3 Å². The lowest BCUT2D eigenvalue weighted by atomic mass is 9.72. The van der Waals surface area contributed by atoms with E-state index in [4.69, 9.17) is 0 Å². The molecule has 33 heavy (non-hydrogen) atoms. The summed E-state index contributed by atoms with van der Waals surface area (Å²) in [7, 11) is 0. The van der Waals surface area contributed by atoms with Gasteiger partial charge in [0.2, 0.25) is 5.91 Å². The molecule has 1 N–H and O–H groups in total. The van der Waals surface area contributed by atoms with Gasteiger partial charge in [-0.05, 0) is 67.1 Å². The minimum Gasteiger partial charge on any atom is -0.336 e. The van der Waals surface area contributed by atoms with E-state index in [1.165, 1.54) is 12.1 Å². The number of halogens is 1. The highest BCUT2D eigenvalue weighted by Gasteiger charge is 2.37. The van der Waals surface area contributed by atoms with Crippen molar-refractivity contribution in [2.45, 2.75) is 44.1 Å². The van der Waals surface area contributed by atoms with Crippen molar-refractivity contribution in [1.29, 1.82) is 0 Å². The quantitative estimate of drug-likeness (QED) is 0.491. The summed E-state index contributed by atoms with van der Waals surface area (Å²) >= 11 is 0. The Hall–Kier alpha value is -3.47. The zero-order valence-electron chi connectivity index (χ0n) is 18.9. The molecule has 0 spiro atoms. The van der Waals surface area contributed by atoms with Crippen molar-refractivity contribution in [3.05, 3.63) is 107 Å². The van der Waals surface area contributed by atoms with Crippen LogP contribution in [-0.2, 0) is 10.2 Å². The molecule has 4 rings (SSSR count). The lowest BCUT2D eigenvalue weighted by molar-refractivity contribution is -0.132. The van der Waals surface area contributed by atoms with Gasteiger partial charge >= 0.3 is 0 Å². The van der Waals surface area contributed by atoms with Crippen LogP contribution in [0, 0.1) is 5.82 Å². The van der Waals surface area contributed by atoms with E-state index < -0.39 is 0 Å². The van der Waals surface area contributed by atoms with E-state index >= 15 is 0 Å². The summed E-state index contributed by atoms with van der Waals surface area (Å²) in [5, 5.41) is 0. The van der Waals surface area contributed by atoms with Gasteiger partial charge in [-0.25, -0.2) is 4.39 Å². The fourth-order valence-electron chi connectivity index (χ4n) is 4.94. The molecule has 2 atom stereocenters. The number of amides is 1. The average Bonchev–Trinajstić information content (AvgIpc) is 2.99. The maximum Gasteiger partial charge on any atom is 0.255 e. The Labute approximate surface area is 193 Å². The van der Waals surface area contributed by atoms with Gasteiger partial charge < -0.3 is 9.88 Å². The van der Waals surface area contributed by atoms with Crippen LogP contribution in [0.25, 0.3) is 11.1 Å². The summed E-state index contributed by atoms with van der Waals surface area (Å²) in [6.45, 7) is 6.60. The Morgan fingerprint density at radius 1 is 1.09 bits per heavy atom. The van der Waals surface area contributed by atoms with Gasteiger partial charge in [-0.1, -0.05) is 42.5 Å². The molecule has 1 aliphatic heterocycles. The van der Waals surface area contributed by atoms with Crippen molar-refractivity contribution >= 4 is 5.91 Å². The number of allylic oxidation sites excluding steroid dienone is 1. The Morgan fingerprint density at radius 2 is 1.82 bits per heavy atom. The SMILES string of the molecule is C=CC[C@@]1(c2ccc(F)cc2)CCC(=O)N([C@@H](C)c2ccc(-c3ccc[nH]c3=O)cc2)CC1. The number of aromatic amines is 1. The van der Waals surface area contributed by atoms with E-state index in [0.717, 1.165) is 29.5 Å². The van der Waals surface area contributed by atoms with Crippen molar-refractivity contribution in [3.63, 3.8) is 0 Å². The number of aromatic nitrogens is 1. The normalized spacial score (nSPS) is 19.7. The lowest BCUT2D eigenvalue weighted by Gasteiger charge is -2.33. The number of likely N-dealkylation sites (tertiary alicyclic amines) is 1. The number of carbonyl (C=O) groups excluding carboxylic acids is 1. The number of rotatable bonds is 6. The molecule has 170 valence electrons. The maximum atomic E-state index is 13.5. The number of hydrogen-bond acceptors (Lipinski definition) is 2. The molecule has 0 radical (unpaired) electrons. The van der Waals surface area contributed by atoms with Crippen LogP contribution in [0.4, 0.5) is 4.39 Å². The zero-order valence-corrected chi connectivity index (χ0v) is 18.9. The van der Waals surface area contributed by atoms with E-state index in [-0.39, 0.29) is 28.7 Å². The summed E-state index contributed by atoms with van der Waals surface area (Å²) in [5.41, 5.74) is 3.20. The van der Waals surface area contributed by atoms with Crippen LogP contribution in [-0.4, -0.2) is 22.3 Å². The molecule has 1 amide bonds. The Morgan fingerprint density at radius 3 is 2.48 bits per heavy atom. The molecule has 1 fully saturated rings. The zero-order chi connectivity index (χ0) is 23.4. The molecule has 3 aromatic rings. The van der Waals surface area contributed by atoms with Crippen LogP contribution in [0.2, 0.25) is 0 Å². The van der Waals surface area contributed by atoms with Crippen molar-refractivity contribution in [2.75, 3.05) is 6.54 Å². The topological polar surface area (TPSA) is 53.2 Å². The highest BCUT2D eigenvalue weighted by molar-refractivity contribution is 5.77. The second kappa shape index (κ2) is 9.57. The van der Waals surface area contributed by atoms with Crippen molar-refractivity contribution < 1.29 is 9.18 Å². The summed E-state index contributed by atoms with van der Waals surface area (Å²) in [6.07, 6.45) is 6.20. The second-order valence-corrected chi connectivity index (χ2v) is 8.83. The molecule has 2 heterocycles. The van der Waals surface area contributed by atoms with E-state index in [0.29, 0.717) is 24.9 Å². The number of nitrogens with zero attached hydrogens (tertiary/aromatic N) is 1. The molecule has 0 aliphatic carbocycles. The van der Waals surface area contributed by atoms with Gasteiger partial charge in [0.1, 0.15) is 5.82 Å². The maximum absolute atomic E-state index is 13.5. The third kappa shape index (κ3) is 4.68. The molecule has 5 heteroatoms. The van der Waals surface area contributed by atoms with Crippen LogP contribution in [0.5, 0.6) is 0 Å². The predicted molar refractivity (Wildman–Crippen MR) is 129 cm³/mol. The fraction of sp³-hybridized carbons (Fsp3) is 0.286.